The van der Waals surface area contributed by atoms with Crippen LogP contribution >= 0.6 is 0 Å². The molecule has 0 bridgehead atoms. The Bertz CT molecular complexity index is 113. The van der Waals surface area contributed by atoms with E-state index in [4.69, 9.17) is 0 Å². The SMILES string of the molecule is CCN(CC)CCN(C)CCCNC. The van der Waals surface area contributed by atoms with Gasteiger partial charge in [-0.2, -0.15) is 0 Å². The van der Waals surface area contributed by atoms with Gasteiger partial charge in [0.05, 0.1) is 0 Å². The van der Waals surface area contributed by atoms with Crippen molar-refractivity contribution in [3.63, 3.8) is 0 Å². The molecule has 1 N–H and O–H groups in total. The maximum absolute atomic E-state index is 3.17. The average Bonchev–Trinajstić information content (AvgIpc) is 2.20. The summed E-state index contributed by atoms with van der Waals surface area (Å²) < 4.78 is 0. The largest absolute Gasteiger partial charge is 0.320 e. The van der Waals surface area contributed by atoms with Gasteiger partial charge in [-0.05, 0) is 46.7 Å². The second kappa shape index (κ2) is 9.44. The predicted octanol–water partition coefficient (Wildman–Crippen LogP) is 0.870. The van der Waals surface area contributed by atoms with Gasteiger partial charge >= 0.3 is 0 Å². The van der Waals surface area contributed by atoms with Crippen LogP contribution in [0.15, 0.2) is 0 Å². The summed E-state index contributed by atoms with van der Waals surface area (Å²) in [4.78, 5) is 4.88. The van der Waals surface area contributed by atoms with E-state index in [1.165, 1.54) is 39.1 Å². The third-order valence-electron chi connectivity index (χ3n) is 2.66. The zero-order chi connectivity index (χ0) is 10.8. The van der Waals surface area contributed by atoms with Crippen molar-refractivity contribution in [2.24, 2.45) is 0 Å². The van der Waals surface area contributed by atoms with Gasteiger partial charge in [-0.3, -0.25) is 0 Å². The molecular weight excluding hydrogens is 174 g/mol. The lowest BCUT2D eigenvalue weighted by Crippen LogP contribution is -2.34. The quantitative estimate of drug-likeness (QED) is 0.559. The van der Waals surface area contributed by atoms with Gasteiger partial charge in [0.25, 0.3) is 0 Å². The van der Waals surface area contributed by atoms with Crippen LogP contribution in [0.25, 0.3) is 0 Å². The van der Waals surface area contributed by atoms with E-state index in [1.54, 1.807) is 0 Å². The molecule has 0 rings (SSSR count). The fourth-order valence-electron chi connectivity index (χ4n) is 1.49. The Morgan fingerprint density at radius 3 is 2.14 bits per heavy atom. The summed E-state index contributed by atoms with van der Waals surface area (Å²) >= 11 is 0. The van der Waals surface area contributed by atoms with Crippen molar-refractivity contribution < 1.29 is 0 Å². The Morgan fingerprint density at radius 1 is 1.00 bits per heavy atom. The van der Waals surface area contributed by atoms with Gasteiger partial charge in [-0.15, -0.1) is 0 Å². The minimum absolute atomic E-state index is 1.12. The molecule has 14 heavy (non-hydrogen) atoms. The number of rotatable bonds is 9. The van der Waals surface area contributed by atoms with E-state index in [9.17, 15) is 0 Å². The third kappa shape index (κ3) is 7.30. The van der Waals surface area contributed by atoms with Crippen molar-refractivity contribution in [3.05, 3.63) is 0 Å². The second-order valence-electron chi connectivity index (χ2n) is 3.79. The van der Waals surface area contributed by atoms with Crippen LogP contribution in [0.1, 0.15) is 20.3 Å². The molecule has 0 unspecified atom stereocenters. The van der Waals surface area contributed by atoms with Crippen molar-refractivity contribution in [3.8, 4) is 0 Å². The number of hydrogen-bond acceptors (Lipinski definition) is 3. The molecule has 0 aliphatic carbocycles. The highest BCUT2D eigenvalue weighted by molar-refractivity contribution is 4.58. The normalized spacial score (nSPS) is 11.6. The molecule has 0 saturated carbocycles. The molecule has 0 heterocycles. The van der Waals surface area contributed by atoms with Gasteiger partial charge in [-0.1, -0.05) is 13.8 Å². The number of nitrogens with zero attached hydrogens (tertiary/aromatic N) is 2. The minimum Gasteiger partial charge on any atom is -0.320 e. The predicted molar refractivity (Wildman–Crippen MR) is 63.8 cm³/mol. The summed E-state index contributed by atoms with van der Waals surface area (Å²) in [5, 5.41) is 3.17. The molecule has 0 amide bonds. The Hall–Kier alpha value is -0.120. The third-order valence-corrected chi connectivity index (χ3v) is 2.66. The highest BCUT2D eigenvalue weighted by Gasteiger charge is 2.01. The summed E-state index contributed by atoms with van der Waals surface area (Å²) in [6.07, 6.45) is 1.24. The molecule has 0 radical (unpaired) electrons. The molecule has 0 aliphatic heterocycles. The van der Waals surface area contributed by atoms with Crippen molar-refractivity contribution in [1.29, 1.82) is 0 Å². The van der Waals surface area contributed by atoms with Gasteiger partial charge in [0, 0.05) is 13.1 Å². The number of hydrogen-bond donors (Lipinski definition) is 1. The van der Waals surface area contributed by atoms with Gasteiger partial charge in [0.2, 0.25) is 0 Å². The van der Waals surface area contributed by atoms with E-state index in [1.807, 2.05) is 7.05 Å². The molecule has 0 aromatic rings. The van der Waals surface area contributed by atoms with Gasteiger partial charge in [-0.25, -0.2) is 0 Å². The molecule has 0 fully saturated rings. The van der Waals surface area contributed by atoms with Crippen LogP contribution in [0.5, 0.6) is 0 Å². The van der Waals surface area contributed by atoms with Crippen molar-refractivity contribution in [2.45, 2.75) is 20.3 Å². The monoisotopic (exact) mass is 201 g/mol. The van der Waals surface area contributed by atoms with Gasteiger partial charge in [0.1, 0.15) is 0 Å². The van der Waals surface area contributed by atoms with Crippen molar-refractivity contribution in [1.82, 2.24) is 15.1 Å². The van der Waals surface area contributed by atoms with Crippen LogP contribution in [-0.4, -0.2) is 63.2 Å². The van der Waals surface area contributed by atoms with E-state index >= 15 is 0 Å². The topological polar surface area (TPSA) is 18.5 Å². The Kier molecular flexibility index (Phi) is 9.35. The van der Waals surface area contributed by atoms with Crippen molar-refractivity contribution in [2.75, 3.05) is 53.4 Å². The lowest BCUT2D eigenvalue weighted by atomic mass is 10.3. The molecule has 0 aromatic carbocycles. The summed E-state index contributed by atoms with van der Waals surface area (Å²) in [5.74, 6) is 0. The molecule has 3 heteroatoms. The summed E-state index contributed by atoms with van der Waals surface area (Å²) in [5.41, 5.74) is 0. The Labute approximate surface area is 89.5 Å². The lowest BCUT2D eigenvalue weighted by Gasteiger charge is -2.22. The second-order valence-corrected chi connectivity index (χ2v) is 3.79. The van der Waals surface area contributed by atoms with Crippen LogP contribution in [0, 0.1) is 0 Å². The van der Waals surface area contributed by atoms with Crippen LogP contribution < -0.4 is 5.32 Å². The van der Waals surface area contributed by atoms with Gasteiger partial charge < -0.3 is 15.1 Å². The van der Waals surface area contributed by atoms with E-state index in [0.29, 0.717) is 0 Å². The van der Waals surface area contributed by atoms with Gasteiger partial charge in [0.15, 0.2) is 0 Å². The summed E-state index contributed by atoms with van der Waals surface area (Å²) in [7, 11) is 4.22. The summed E-state index contributed by atoms with van der Waals surface area (Å²) in [6.45, 7) is 11.5. The maximum Gasteiger partial charge on any atom is 0.0109 e. The van der Waals surface area contributed by atoms with Crippen LogP contribution in [-0.2, 0) is 0 Å². The molecule has 3 nitrogen and oxygen atoms in total. The molecule has 86 valence electrons. The maximum atomic E-state index is 3.17. The Morgan fingerprint density at radius 2 is 1.64 bits per heavy atom. The first-order valence-electron chi connectivity index (χ1n) is 5.80. The zero-order valence-corrected chi connectivity index (χ0v) is 10.3. The Balaban J connectivity index is 3.37. The molecule has 0 saturated heterocycles. The zero-order valence-electron chi connectivity index (χ0n) is 10.3. The highest BCUT2D eigenvalue weighted by Crippen LogP contribution is 1.90. The average molecular weight is 201 g/mol. The number of likely N-dealkylation sites (N-methyl/N-ethyl adjacent to an activating group) is 2. The first-order valence-corrected chi connectivity index (χ1v) is 5.80. The first-order chi connectivity index (χ1) is 6.74. The van der Waals surface area contributed by atoms with Crippen LogP contribution in [0.4, 0.5) is 0 Å². The minimum atomic E-state index is 1.12. The van der Waals surface area contributed by atoms with E-state index in [2.05, 4.69) is 36.0 Å². The van der Waals surface area contributed by atoms with Crippen molar-refractivity contribution >= 4 is 0 Å². The molecule has 0 aliphatic rings. The lowest BCUT2D eigenvalue weighted by molar-refractivity contribution is 0.239. The number of nitrogens with one attached hydrogen (secondary N) is 1. The fourth-order valence-corrected chi connectivity index (χ4v) is 1.49. The molecule has 0 atom stereocenters. The molecular formula is C11H27N3. The highest BCUT2D eigenvalue weighted by atomic mass is 15.2. The summed E-state index contributed by atoms with van der Waals surface area (Å²) in [6, 6.07) is 0. The van der Waals surface area contributed by atoms with Crippen LogP contribution in [0.3, 0.4) is 0 Å². The molecule has 0 aromatic heterocycles. The first kappa shape index (κ1) is 13.9. The van der Waals surface area contributed by atoms with Crippen LogP contribution in [0.2, 0.25) is 0 Å². The van der Waals surface area contributed by atoms with E-state index in [0.717, 1.165) is 6.54 Å². The van der Waals surface area contributed by atoms with E-state index < -0.39 is 0 Å². The standard InChI is InChI=1S/C11H27N3/c1-5-14(6-2)11-10-13(4)9-7-8-12-3/h12H,5-11H2,1-4H3. The molecule has 0 spiro atoms. The fraction of sp³-hybridized carbons (Fsp3) is 1.00. The van der Waals surface area contributed by atoms with E-state index in [-0.39, 0.29) is 0 Å². The smallest absolute Gasteiger partial charge is 0.0109 e.